The van der Waals surface area contributed by atoms with Crippen molar-refractivity contribution in [3.8, 4) is 22.6 Å². The number of morpholine rings is 1. The summed E-state index contributed by atoms with van der Waals surface area (Å²) < 4.78 is 5.45. The number of anilines is 2. The molecule has 0 saturated carbocycles. The van der Waals surface area contributed by atoms with Gasteiger partial charge >= 0.3 is 0 Å². The van der Waals surface area contributed by atoms with Gasteiger partial charge in [-0.2, -0.15) is 0 Å². The van der Waals surface area contributed by atoms with E-state index < -0.39 is 0 Å². The van der Waals surface area contributed by atoms with E-state index in [9.17, 15) is 0 Å². The van der Waals surface area contributed by atoms with Gasteiger partial charge in [-0.15, -0.1) is 0 Å². The van der Waals surface area contributed by atoms with E-state index in [1.807, 2.05) is 30.5 Å². The first kappa shape index (κ1) is 22.3. The van der Waals surface area contributed by atoms with Crippen LogP contribution in [-0.4, -0.2) is 36.3 Å². The van der Waals surface area contributed by atoms with Gasteiger partial charge in [-0.1, -0.05) is 48.5 Å². The van der Waals surface area contributed by atoms with Crippen molar-refractivity contribution < 1.29 is 4.74 Å². The molecule has 2 heterocycles. The number of benzene rings is 3. The molecule has 0 atom stereocenters. The Bertz CT molecular complexity index is 1310. The first-order chi connectivity index (χ1) is 16.6. The molecular formula is C28H27ClN4O. The van der Waals surface area contributed by atoms with Crippen LogP contribution in [0, 0.1) is 6.92 Å². The number of nitrogens with one attached hydrogen (secondary N) is 2. The predicted molar refractivity (Wildman–Crippen MR) is 141 cm³/mol. The van der Waals surface area contributed by atoms with E-state index in [1.165, 1.54) is 5.69 Å². The fraction of sp³-hybridized carbons (Fsp3) is 0.179. The molecular weight excluding hydrogens is 444 g/mol. The molecule has 2 N–H and O–H groups in total. The molecule has 172 valence electrons. The molecule has 1 aliphatic heterocycles. The second-order valence-corrected chi connectivity index (χ2v) is 8.87. The second kappa shape index (κ2) is 9.75. The zero-order chi connectivity index (χ0) is 23.5. The summed E-state index contributed by atoms with van der Waals surface area (Å²) in [6, 6.07) is 22.5. The van der Waals surface area contributed by atoms with Gasteiger partial charge in [-0.3, -0.25) is 0 Å². The number of nitrogens with zero attached hydrogens (tertiary/aromatic N) is 2. The highest BCUT2D eigenvalue weighted by molar-refractivity contribution is 6.30. The van der Waals surface area contributed by atoms with Crippen molar-refractivity contribution in [2.24, 2.45) is 0 Å². The Morgan fingerprint density at radius 2 is 1.85 bits per heavy atom. The van der Waals surface area contributed by atoms with Gasteiger partial charge in [0.05, 0.1) is 25.1 Å². The van der Waals surface area contributed by atoms with Crippen LogP contribution in [-0.2, 0) is 4.74 Å². The zero-order valence-electron chi connectivity index (χ0n) is 19.1. The summed E-state index contributed by atoms with van der Waals surface area (Å²) in [6.45, 7) is 9.76. The number of hydrogen-bond acceptors (Lipinski definition) is 4. The largest absolute Gasteiger partial charge is 0.378 e. The van der Waals surface area contributed by atoms with Gasteiger partial charge in [0.15, 0.2) is 0 Å². The van der Waals surface area contributed by atoms with Crippen LogP contribution in [0.1, 0.15) is 11.1 Å². The SMILES string of the molecule is C=C(Nc1ccc(C)c(-c2ncc(-c3cccc(Cl)c3)[nH]2)c1)c1ccc(N2CCOCC2)cc1. The number of hydrogen-bond donors (Lipinski definition) is 2. The van der Waals surface area contributed by atoms with Gasteiger partial charge in [0, 0.05) is 46.3 Å². The van der Waals surface area contributed by atoms with E-state index in [2.05, 4.69) is 76.2 Å². The molecule has 6 heteroatoms. The molecule has 1 aliphatic rings. The quantitative estimate of drug-likeness (QED) is 0.332. The number of rotatable bonds is 6. The average Bonchev–Trinajstić information content (AvgIpc) is 3.36. The van der Waals surface area contributed by atoms with Crippen LogP contribution in [0.4, 0.5) is 11.4 Å². The average molecular weight is 471 g/mol. The summed E-state index contributed by atoms with van der Waals surface area (Å²) in [7, 11) is 0. The van der Waals surface area contributed by atoms with Crippen molar-refractivity contribution in [1.82, 2.24) is 9.97 Å². The standard InChI is InChI=1S/C28H27ClN4O/c1-19-6-9-24(17-26(19)28-30-18-27(32-28)22-4-3-5-23(29)16-22)31-20(2)21-7-10-25(11-8-21)33-12-14-34-15-13-33/h3-11,16-18,31H,2,12-15H2,1H3,(H,30,32). The maximum atomic E-state index is 6.15. The minimum Gasteiger partial charge on any atom is -0.378 e. The minimum atomic E-state index is 0.701. The number of aromatic nitrogens is 2. The fourth-order valence-electron chi connectivity index (χ4n) is 4.16. The number of imidazole rings is 1. The van der Waals surface area contributed by atoms with Crippen molar-refractivity contribution in [1.29, 1.82) is 0 Å². The van der Waals surface area contributed by atoms with Crippen LogP contribution < -0.4 is 10.2 Å². The molecule has 0 radical (unpaired) electrons. The molecule has 4 aromatic rings. The van der Waals surface area contributed by atoms with Crippen LogP contribution in [0.3, 0.4) is 0 Å². The number of ether oxygens (including phenoxy) is 1. The molecule has 5 nitrogen and oxygen atoms in total. The highest BCUT2D eigenvalue weighted by Gasteiger charge is 2.12. The number of aromatic amines is 1. The monoisotopic (exact) mass is 470 g/mol. The topological polar surface area (TPSA) is 53.2 Å². The highest BCUT2D eigenvalue weighted by atomic mass is 35.5. The second-order valence-electron chi connectivity index (χ2n) is 8.44. The van der Waals surface area contributed by atoms with Crippen LogP contribution in [0.15, 0.2) is 79.5 Å². The first-order valence-electron chi connectivity index (χ1n) is 11.4. The van der Waals surface area contributed by atoms with Crippen LogP contribution in [0.5, 0.6) is 0 Å². The van der Waals surface area contributed by atoms with Gasteiger partial charge in [0.25, 0.3) is 0 Å². The first-order valence-corrected chi connectivity index (χ1v) is 11.8. The molecule has 0 aliphatic carbocycles. The third-order valence-corrected chi connectivity index (χ3v) is 6.33. The van der Waals surface area contributed by atoms with Crippen molar-refractivity contribution in [2.75, 3.05) is 36.5 Å². The van der Waals surface area contributed by atoms with Crippen molar-refractivity contribution >= 4 is 28.7 Å². The van der Waals surface area contributed by atoms with Crippen LogP contribution in [0.2, 0.25) is 5.02 Å². The Hall–Kier alpha value is -3.54. The van der Waals surface area contributed by atoms with Gasteiger partial charge < -0.3 is 19.9 Å². The molecule has 0 unspecified atom stereocenters. The Kier molecular flexibility index (Phi) is 6.39. The lowest BCUT2D eigenvalue weighted by Gasteiger charge is -2.29. The van der Waals surface area contributed by atoms with Crippen LogP contribution in [0.25, 0.3) is 28.3 Å². The fourth-order valence-corrected chi connectivity index (χ4v) is 4.35. The molecule has 1 saturated heterocycles. The summed E-state index contributed by atoms with van der Waals surface area (Å²) in [4.78, 5) is 10.4. The Morgan fingerprint density at radius 1 is 1.06 bits per heavy atom. The van der Waals surface area contributed by atoms with E-state index >= 15 is 0 Å². The van der Waals surface area contributed by atoms with Gasteiger partial charge in [-0.25, -0.2) is 4.98 Å². The highest BCUT2D eigenvalue weighted by Crippen LogP contribution is 2.29. The Morgan fingerprint density at radius 3 is 2.62 bits per heavy atom. The molecule has 0 bridgehead atoms. The van der Waals surface area contributed by atoms with Crippen LogP contribution >= 0.6 is 11.6 Å². The van der Waals surface area contributed by atoms with Gasteiger partial charge in [-0.05, 0) is 54.4 Å². The summed E-state index contributed by atoms with van der Waals surface area (Å²) >= 11 is 6.15. The lowest BCUT2D eigenvalue weighted by atomic mass is 10.1. The molecule has 34 heavy (non-hydrogen) atoms. The number of aryl methyl sites for hydroxylation is 1. The molecule has 0 spiro atoms. The van der Waals surface area contributed by atoms with Gasteiger partial charge in [0.2, 0.25) is 0 Å². The summed E-state index contributed by atoms with van der Waals surface area (Å²) in [6.07, 6.45) is 1.84. The summed E-state index contributed by atoms with van der Waals surface area (Å²) in [5.41, 5.74) is 8.19. The molecule has 0 amide bonds. The predicted octanol–water partition coefficient (Wildman–Crippen LogP) is 6.62. The maximum absolute atomic E-state index is 6.15. The van der Waals surface area contributed by atoms with E-state index in [0.29, 0.717) is 5.02 Å². The lowest BCUT2D eigenvalue weighted by Crippen LogP contribution is -2.36. The molecule has 3 aromatic carbocycles. The van der Waals surface area contributed by atoms with Crippen molar-refractivity contribution in [3.05, 3.63) is 95.7 Å². The smallest absolute Gasteiger partial charge is 0.138 e. The minimum absolute atomic E-state index is 0.701. The Labute approximate surface area is 205 Å². The zero-order valence-corrected chi connectivity index (χ0v) is 19.9. The maximum Gasteiger partial charge on any atom is 0.138 e. The normalized spacial score (nSPS) is 13.6. The third-order valence-electron chi connectivity index (χ3n) is 6.09. The molecule has 1 aromatic heterocycles. The molecule has 5 rings (SSSR count). The molecule has 1 fully saturated rings. The third kappa shape index (κ3) is 4.86. The van der Waals surface area contributed by atoms with Crippen molar-refractivity contribution in [3.63, 3.8) is 0 Å². The van der Waals surface area contributed by atoms with Crippen molar-refractivity contribution in [2.45, 2.75) is 6.92 Å². The van der Waals surface area contributed by atoms with Gasteiger partial charge in [0.1, 0.15) is 5.82 Å². The van der Waals surface area contributed by atoms with E-state index in [0.717, 1.165) is 71.5 Å². The summed E-state index contributed by atoms with van der Waals surface area (Å²) in [5, 5.41) is 4.15. The number of halogens is 1. The van der Waals surface area contributed by atoms with E-state index in [-0.39, 0.29) is 0 Å². The Balaban J connectivity index is 1.32. The summed E-state index contributed by atoms with van der Waals surface area (Å²) in [5.74, 6) is 0.816. The number of H-pyrrole nitrogens is 1. The lowest BCUT2D eigenvalue weighted by molar-refractivity contribution is 0.122. The van der Waals surface area contributed by atoms with E-state index in [4.69, 9.17) is 16.3 Å². The van der Waals surface area contributed by atoms with E-state index in [1.54, 1.807) is 0 Å².